The van der Waals surface area contributed by atoms with Crippen LogP contribution in [0, 0.1) is 0 Å². The molecule has 5 rings (SSSR count). The second-order valence-corrected chi connectivity index (χ2v) is 8.08. The lowest BCUT2D eigenvalue weighted by atomic mass is 10.0. The standard InChI is InChI=1S/C27H25NO6/c1-30-19-7-4-17(5-8-19)12-25-26(29)20-9-11-22-21(27(20)34-25)15-28(16-33-22)14-18-6-10-23(31-2)24(13-18)32-3/h4-13H,14-16H2,1-3H3/b25-12-. The maximum absolute atomic E-state index is 13.0. The molecule has 3 aromatic rings. The number of fused-ring (bicyclic) bond motifs is 3. The van der Waals surface area contributed by atoms with Crippen molar-refractivity contribution in [3.05, 3.63) is 82.6 Å². The molecule has 0 saturated heterocycles. The van der Waals surface area contributed by atoms with Crippen LogP contribution in [0.4, 0.5) is 0 Å². The van der Waals surface area contributed by atoms with Gasteiger partial charge in [0.2, 0.25) is 5.78 Å². The molecule has 0 atom stereocenters. The van der Waals surface area contributed by atoms with Crippen molar-refractivity contribution in [1.82, 2.24) is 4.90 Å². The number of rotatable bonds is 6. The molecule has 3 aromatic carbocycles. The van der Waals surface area contributed by atoms with Crippen LogP contribution in [0.25, 0.3) is 6.08 Å². The molecule has 0 aliphatic carbocycles. The molecule has 0 radical (unpaired) electrons. The van der Waals surface area contributed by atoms with E-state index >= 15 is 0 Å². The van der Waals surface area contributed by atoms with E-state index in [1.54, 1.807) is 33.5 Å². The lowest BCUT2D eigenvalue weighted by molar-refractivity contribution is 0.0872. The molecule has 2 aliphatic rings. The molecule has 0 aromatic heterocycles. The van der Waals surface area contributed by atoms with Crippen molar-refractivity contribution in [3.63, 3.8) is 0 Å². The Bertz CT molecular complexity index is 1260. The summed E-state index contributed by atoms with van der Waals surface area (Å²) in [6, 6.07) is 16.9. The van der Waals surface area contributed by atoms with Gasteiger partial charge in [0.25, 0.3) is 0 Å². The minimum Gasteiger partial charge on any atom is -0.497 e. The zero-order chi connectivity index (χ0) is 23.7. The van der Waals surface area contributed by atoms with E-state index in [-0.39, 0.29) is 5.78 Å². The van der Waals surface area contributed by atoms with Crippen LogP contribution < -0.4 is 23.7 Å². The van der Waals surface area contributed by atoms with Gasteiger partial charge in [0.05, 0.1) is 32.5 Å². The Morgan fingerprint density at radius 3 is 2.47 bits per heavy atom. The Balaban J connectivity index is 1.38. The lowest BCUT2D eigenvalue weighted by Crippen LogP contribution is -2.31. The molecule has 0 spiro atoms. The first-order chi connectivity index (χ1) is 16.6. The zero-order valence-electron chi connectivity index (χ0n) is 19.3. The third kappa shape index (κ3) is 4.06. The van der Waals surface area contributed by atoms with Gasteiger partial charge in [-0.1, -0.05) is 18.2 Å². The predicted octanol–water partition coefficient (Wildman–Crippen LogP) is 4.68. The monoisotopic (exact) mass is 459 g/mol. The Morgan fingerprint density at radius 1 is 0.941 bits per heavy atom. The molecule has 0 bridgehead atoms. The molecule has 2 heterocycles. The van der Waals surface area contributed by atoms with E-state index in [4.69, 9.17) is 23.7 Å². The maximum atomic E-state index is 13.0. The molecule has 0 amide bonds. The van der Waals surface area contributed by atoms with Gasteiger partial charge in [-0.05, 0) is 53.6 Å². The Morgan fingerprint density at radius 2 is 1.74 bits per heavy atom. The Hall–Kier alpha value is -3.97. The molecule has 34 heavy (non-hydrogen) atoms. The highest BCUT2D eigenvalue weighted by Crippen LogP contribution is 2.42. The van der Waals surface area contributed by atoms with Crippen LogP contribution in [0.3, 0.4) is 0 Å². The number of hydrogen-bond acceptors (Lipinski definition) is 7. The van der Waals surface area contributed by atoms with Crippen molar-refractivity contribution in [2.24, 2.45) is 0 Å². The average molecular weight is 459 g/mol. The number of hydrogen-bond donors (Lipinski definition) is 0. The fourth-order valence-electron chi connectivity index (χ4n) is 4.19. The number of ether oxygens (including phenoxy) is 5. The quantitative estimate of drug-likeness (QED) is 0.496. The fourth-order valence-corrected chi connectivity index (χ4v) is 4.19. The van der Waals surface area contributed by atoms with Crippen molar-refractivity contribution in [3.8, 4) is 28.7 Å². The van der Waals surface area contributed by atoms with E-state index in [1.807, 2.05) is 48.5 Å². The van der Waals surface area contributed by atoms with Crippen molar-refractivity contribution in [2.75, 3.05) is 28.1 Å². The summed E-state index contributed by atoms with van der Waals surface area (Å²) in [6.07, 6.45) is 1.75. The first-order valence-electron chi connectivity index (χ1n) is 10.9. The van der Waals surface area contributed by atoms with E-state index < -0.39 is 0 Å². The number of allylic oxidation sites excluding steroid dienone is 1. The highest BCUT2D eigenvalue weighted by Gasteiger charge is 2.33. The summed E-state index contributed by atoms with van der Waals surface area (Å²) in [4.78, 5) is 15.2. The zero-order valence-corrected chi connectivity index (χ0v) is 19.3. The summed E-state index contributed by atoms with van der Waals surface area (Å²) in [5.41, 5.74) is 3.34. The summed E-state index contributed by atoms with van der Waals surface area (Å²) in [6.45, 7) is 1.67. The van der Waals surface area contributed by atoms with Crippen LogP contribution in [0.5, 0.6) is 28.7 Å². The first kappa shape index (κ1) is 21.9. The molecule has 174 valence electrons. The number of benzene rings is 3. The van der Waals surface area contributed by atoms with Crippen LogP contribution in [0.2, 0.25) is 0 Å². The molecule has 2 aliphatic heterocycles. The number of methoxy groups -OCH3 is 3. The summed E-state index contributed by atoms with van der Waals surface area (Å²) >= 11 is 0. The van der Waals surface area contributed by atoms with Crippen LogP contribution in [-0.4, -0.2) is 38.7 Å². The van der Waals surface area contributed by atoms with E-state index in [0.717, 1.165) is 28.2 Å². The highest BCUT2D eigenvalue weighted by atomic mass is 16.5. The maximum Gasteiger partial charge on any atom is 0.231 e. The van der Waals surface area contributed by atoms with Crippen molar-refractivity contribution in [1.29, 1.82) is 0 Å². The van der Waals surface area contributed by atoms with Gasteiger partial charge in [-0.25, -0.2) is 0 Å². The summed E-state index contributed by atoms with van der Waals surface area (Å²) in [5.74, 6) is 3.59. The molecule has 0 saturated carbocycles. The minimum atomic E-state index is -0.134. The molecule has 0 unspecified atom stereocenters. The third-order valence-corrected chi connectivity index (χ3v) is 5.95. The molecule has 7 nitrogen and oxygen atoms in total. The van der Waals surface area contributed by atoms with Gasteiger partial charge < -0.3 is 23.7 Å². The van der Waals surface area contributed by atoms with Crippen molar-refractivity contribution in [2.45, 2.75) is 13.1 Å². The topological polar surface area (TPSA) is 66.5 Å². The van der Waals surface area contributed by atoms with Gasteiger partial charge in [-0.2, -0.15) is 0 Å². The van der Waals surface area contributed by atoms with Gasteiger partial charge in [0.15, 0.2) is 17.3 Å². The Kier molecular flexibility index (Phi) is 5.86. The highest BCUT2D eigenvalue weighted by molar-refractivity contribution is 6.15. The number of carbonyl (C=O) groups excluding carboxylic acids is 1. The van der Waals surface area contributed by atoms with E-state index in [2.05, 4.69) is 4.90 Å². The largest absolute Gasteiger partial charge is 0.497 e. The summed E-state index contributed by atoms with van der Waals surface area (Å²) in [5, 5.41) is 0. The van der Waals surface area contributed by atoms with Crippen LogP contribution in [0.15, 0.2) is 60.4 Å². The average Bonchev–Trinajstić information content (AvgIpc) is 3.19. The van der Waals surface area contributed by atoms with Crippen LogP contribution in [-0.2, 0) is 13.1 Å². The summed E-state index contributed by atoms with van der Waals surface area (Å²) in [7, 11) is 4.86. The first-order valence-corrected chi connectivity index (χ1v) is 10.9. The third-order valence-electron chi connectivity index (χ3n) is 5.95. The minimum absolute atomic E-state index is 0.134. The van der Waals surface area contributed by atoms with E-state index in [9.17, 15) is 4.79 Å². The number of Topliss-reactive ketones (excluding diaryl/α,β-unsaturated/α-hetero) is 1. The van der Waals surface area contributed by atoms with E-state index in [1.165, 1.54) is 0 Å². The molecule has 0 N–H and O–H groups in total. The lowest BCUT2D eigenvalue weighted by Gasteiger charge is -2.29. The molecule has 7 heteroatoms. The second kappa shape index (κ2) is 9.11. The van der Waals surface area contributed by atoms with Crippen LogP contribution >= 0.6 is 0 Å². The predicted molar refractivity (Wildman–Crippen MR) is 127 cm³/mol. The van der Waals surface area contributed by atoms with Gasteiger partial charge in [-0.15, -0.1) is 0 Å². The molecule has 0 fully saturated rings. The van der Waals surface area contributed by atoms with Gasteiger partial charge >= 0.3 is 0 Å². The second-order valence-electron chi connectivity index (χ2n) is 8.08. The number of nitrogens with zero attached hydrogens (tertiary/aromatic N) is 1. The fraction of sp³-hybridized carbons (Fsp3) is 0.222. The van der Waals surface area contributed by atoms with Crippen molar-refractivity contribution >= 4 is 11.9 Å². The molecular formula is C27H25NO6. The Labute approximate surface area is 198 Å². The molecular weight excluding hydrogens is 434 g/mol. The summed E-state index contributed by atoms with van der Waals surface area (Å²) < 4.78 is 28.0. The smallest absolute Gasteiger partial charge is 0.231 e. The van der Waals surface area contributed by atoms with Gasteiger partial charge in [0, 0.05) is 13.1 Å². The van der Waals surface area contributed by atoms with E-state index in [0.29, 0.717) is 48.4 Å². The number of carbonyl (C=O) groups is 1. The number of ketones is 1. The van der Waals surface area contributed by atoms with Crippen LogP contribution in [0.1, 0.15) is 27.0 Å². The van der Waals surface area contributed by atoms with Gasteiger partial charge in [-0.3, -0.25) is 9.69 Å². The SMILES string of the molecule is COc1ccc(/C=C2\Oc3c(ccc4c3CN(Cc3ccc(OC)c(OC)c3)CO4)C2=O)cc1. The van der Waals surface area contributed by atoms with Crippen molar-refractivity contribution < 1.29 is 28.5 Å². The normalized spacial score (nSPS) is 15.9. The van der Waals surface area contributed by atoms with Gasteiger partial charge in [0.1, 0.15) is 24.0 Å².